The molecule has 1 aromatic heterocycles. The maximum absolute atomic E-state index is 13.0. The number of sulfone groups is 1. The monoisotopic (exact) mass is 455 g/mol. The number of halogens is 2. The van der Waals surface area contributed by atoms with Crippen molar-refractivity contribution in [2.45, 2.75) is 10.7 Å². The molecule has 31 heavy (non-hydrogen) atoms. The van der Waals surface area contributed by atoms with Gasteiger partial charge in [0.2, 0.25) is 9.84 Å². The summed E-state index contributed by atoms with van der Waals surface area (Å²) in [6.45, 7) is 1.47. The molecule has 2 aromatic rings. The lowest BCUT2D eigenvalue weighted by molar-refractivity contribution is 0.0302. The zero-order valence-corrected chi connectivity index (χ0v) is 17.2. The summed E-state index contributed by atoms with van der Waals surface area (Å²) in [4.78, 5) is 38.5. The molecule has 166 valence electrons. The largest absolute Gasteiger partial charge is 0.378 e. The van der Waals surface area contributed by atoms with Gasteiger partial charge < -0.3 is 19.5 Å². The number of nitrogens with zero attached hydrogens (tertiary/aromatic N) is 2. The van der Waals surface area contributed by atoms with Gasteiger partial charge in [0, 0.05) is 26.3 Å². The van der Waals surface area contributed by atoms with Crippen LogP contribution in [0.2, 0.25) is 0 Å². The van der Waals surface area contributed by atoms with E-state index in [4.69, 9.17) is 4.74 Å². The maximum Gasteiger partial charge on any atom is 0.341 e. The molecule has 1 aromatic carbocycles. The van der Waals surface area contributed by atoms with Gasteiger partial charge in [0.05, 0.1) is 29.2 Å². The fourth-order valence-electron chi connectivity index (χ4n) is 3.06. The van der Waals surface area contributed by atoms with Crippen LogP contribution in [0.4, 0.5) is 14.5 Å². The van der Waals surface area contributed by atoms with E-state index in [1.54, 1.807) is 0 Å². The Morgan fingerprint density at radius 1 is 1.16 bits per heavy atom. The van der Waals surface area contributed by atoms with E-state index >= 15 is 0 Å². The van der Waals surface area contributed by atoms with E-state index < -0.39 is 37.5 Å². The van der Waals surface area contributed by atoms with E-state index in [1.807, 2.05) is 0 Å². The van der Waals surface area contributed by atoms with Crippen LogP contribution in [-0.2, 0) is 21.6 Å². The van der Waals surface area contributed by atoms with E-state index in [0.717, 1.165) is 16.7 Å². The van der Waals surface area contributed by atoms with Crippen LogP contribution >= 0.6 is 0 Å². The second-order valence-electron chi connectivity index (χ2n) is 6.72. The summed E-state index contributed by atoms with van der Waals surface area (Å²) < 4.78 is 56.0. The number of nitrogens with one attached hydrogen (secondary N) is 1. The Morgan fingerprint density at radius 2 is 1.81 bits per heavy atom. The topological polar surface area (TPSA) is 115 Å². The van der Waals surface area contributed by atoms with E-state index in [-0.39, 0.29) is 17.2 Å². The number of benzene rings is 1. The molecule has 0 saturated carbocycles. The second-order valence-corrected chi connectivity index (χ2v) is 8.61. The van der Waals surface area contributed by atoms with Crippen molar-refractivity contribution >= 4 is 27.3 Å². The highest BCUT2D eigenvalue weighted by Crippen LogP contribution is 2.23. The predicted octanol–water partition coefficient (Wildman–Crippen LogP) is 1.11. The maximum atomic E-state index is 13.0. The molecule has 12 heteroatoms. The van der Waals surface area contributed by atoms with Gasteiger partial charge in [0.25, 0.3) is 17.4 Å². The summed E-state index contributed by atoms with van der Waals surface area (Å²) >= 11 is 0. The van der Waals surface area contributed by atoms with Gasteiger partial charge in [-0.05, 0) is 18.2 Å². The Kier molecular flexibility index (Phi) is 6.51. The Labute approximate surface area is 176 Å². The number of carbonyl (C=O) groups is 2. The van der Waals surface area contributed by atoms with E-state index in [9.17, 15) is 31.6 Å². The van der Waals surface area contributed by atoms with E-state index in [1.165, 1.54) is 36.3 Å². The Balaban J connectivity index is 1.95. The first-order valence-corrected chi connectivity index (χ1v) is 10.7. The van der Waals surface area contributed by atoms with Gasteiger partial charge in [0.1, 0.15) is 5.69 Å². The van der Waals surface area contributed by atoms with Crippen molar-refractivity contribution in [3.05, 3.63) is 58.0 Å². The lowest BCUT2D eigenvalue weighted by Gasteiger charge is -2.27. The fraction of sp³-hybridized carbons (Fsp3) is 0.316. The van der Waals surface area contributed by atoms with Crippen molar-refractivity contribution in [3.8, 4) is 0 Å². The number of alkyl halides is 2. The molecule has 0 spiro atoms. The first-order valence-electron chi connectivity index (χ1n) is 9.13. The molecule has 0 unspecified atom stereocenters. The molecule has 1 saturated heterocycles. The quantitative estimate of drug-likeness (QED) is 0.722. The minimum Gasteiger partial charge on any atom is -0.378 e. The lowest BCUT2D eigenvalue weighted by Crippen LogP contribution is -2.41. The fourth-order valence-corrected chi connectivity index (χ4v) is 3.98. The number of morpholine rings is 1. The van der Waals surface area contributed by atoms with Crippen LogP contribution in [0.3, 0.4) is 0 Å². The lowest BCUT2D eigenvalue weighted by atomic mass is 10.2. The SMILES string of the molecule is Cn1cc(C(=O)N2CCOCC2)cc(NC(=O)c2ccccc2S(=O)(=O)C(F)F)c1=O. The van der Waals surface area contributed by atoms with Crippen LogP contribution < -0.4 is 10.9 Å². The first-order chi connectivity index (χ1) is 14.6. The number of hydrogen-bond acceptors (Lipinski definition) is 6. The molecule has 1 aliphatic heterocycles. The molecule has 1 fully saturated rings. The van der Waals surface area contributed by atoms with Crippen molar-refractivity contribution in [1.29, 1.82) is 0 Å². The van der Waals surface area contributed by atoms with Crippen molar-refractivity contribution in [2.75, 3.05) is 31.6 Å². The van der Waals surface area contributed by atoms with Crippen molar-refractivity contribution < 1.29 is 31.5 Å². The average molecular weight is 455 g/mol. The third-order valence-corrected chi connectivity index (χ3v) is 6.09. The number of carbonyl (C=O) groups excluding carboxylic acids is 2. The first kappa shape index (κ1) is 22.6. The average Bonchev–Trinajstić information content (AvgIpc) is 2.76. The van der Waals surface area contributed by atoms with E-state index in [2.05, 4.69) is 5.32 Å². The molecule has 2 amide bonds. The Hall–Kier alpha value is -3.12. The molecular formula is C19H19F2N3O6S. The van der Waals surface area contributed by atoms with Gasteiger partial charge in [-0.2, -0.15) is 8.78 Å². The number of pyridine rings is 1. The highest BCUT2D eigenvalue weighted by atomic mass is 32.2. The number of ether oxygens (including phenoxy) is 1. The molecule has 3 rings (SSSR count). The third kappa shape index (κ3) is 4.64. The highest BCUT2D eigenvalue weighted by Gasteiger charge is 2.31. The van der Waals surface area contributed by atoms with Crippen LogP contribution in [0.15, 0.2) is 46.2 Å². The van der Waals surface area contributed by atoms with Crippen LogP contribution in [0.5, 0.6) is 0 Å². The van der Waals surface area contributed by atoms with Gasteiger partial charge in [-0.15, -0.1) is 0 Å². The molecule has 9 nitrogen and oxygen atoms in total. The zero-order valence-electron chi connectivity index (χ0n) is 16.4. The van der Waals surface area contributed by atoms with Crippen LogP contribution in [0.1, 0.15) is 20.7 Å². The summed E-state index contributed by atoms with van der Waals surface area (Å²) in [5, 5.41) is 2.24. The highest BCUT2D eigenvalue weighted by molar-refractivity contribution is 7.91. The summed E-state index contributed by atoms with van der Waals surface area (Å²) in [6, 6.07) is 5.61. The van der Waals surface area contributed by atoms with E-state index in [0.29, 0.717) is 26.3 Å². The number of hydrogen-bond donors (Lipinski definition) is 1. The van der Waals surface area contributed by atoms with Gasteiger partial charge in [0.15, 0.2) is 0 Å². The zero-order chi connectivity index (χ0) is 22.8. The van der Waals surface area contributed by atoms with Crippen LogP contribution in [0.25, 0.3) is 0 Å². The van der Waals surface area contributed by atoms with Gasteiger partial charge in [-0.1, -0.05) is 12.1 Å². The smallest absolute Gasteiger partial charge is 0.341 e. The minimum absolute atomic E-state index is 0.118. The summed E-state index contributed by atoms with van der Waals surface area (Å²) in [7, 11) is -3.67. The van der Waals surface area contributed by atoms with Crippen LogP contribution in [-0.4, -0.2) is 61.8 Å². The van der Waals surface area contributed by atoms with Crippen LogP contribution in [0, 0.1) is 0 Å². The standard InChI is InChI=1S/C19H19F2N3O6S/c1-23-11-12(17(26)24-6-8-30-9-7-24)10-14(18(23)27)22-16(25)13-4-2-3-5-15(13)31(28,29)19(20)21/h2-5,10-11,19H,6-9H2,1H3,(H,22,25). The molecule has 1 aliphatic rings. The molecule has 0 bridgehead atoms. The summed E-state index contributed by atoms with van der Waals surface area (Å²) in [5.74, 6) is -5.17. The van der Waals surface area contributed by atoms with Gasteiger partial charge in [-0.3, -0.25) is 14.4 Å². The van der Waals surface area contributed by atoms with Gasteiger partial charge >= 0.3 is 5.76 Å². The molecule has 0 atom stereocenters. The van der Waals surface area contributed by atoms with Crippen molar-refractivity contribution in [1.82, 2.24) is 9.47 Å². The molecular weight excluding hydrogens is 436 g/mol. The number of aryl methyl sites for hydroxylation is 1. The summed E-state index contributed by atoms with van der Waals surface area (Å²) in [6.07, 6.45) is 1.31. The molecule has 0 aliphatic carbocycles. The number of anilines is 1. The minimum atomic E-state index is -5.05. The number of amides is 2. The third-order valence-electron chi connectivity index (χ3n) is 4.65. The normalized spacial score (nSPS) is 14.5. The number of aromatic nitrogens is 1. The summed E-state index contributed by atoms with van der Waals surface area (Å²) in [5.41, 5.74) is -1.39. The Bertz CT molecular complexity index is 1170. The van der Waals surface area contributed by atoms with Crippen molar-refractivity contribution in [2.24, 2.45) is 7.05 Å². The molecule has 1 N–H and O–H groups in total. The Morgan fingerprint density at radius 3 is 2.45 bits per heavy atom. The van der Waals surface area contributed by atoms with Gasteiger partial charge in [-0.25, -0.2) is 8.42 Å². The van der Waals surface area contributed by atoms with Crippen molar-refractivity contribution in [3.63, 3.8) is 0 Å². The molecule has 0 radical (unpaired) electrons. The second kappa shape index (κ2) is 8.94. The number of rotatable bonds is 5. The predicted molar refractivity (Wildman–Crippen MR) is 106 cm³/mol. The molecule has 2 heterocycles.